The number of aromatic nitrogens is 3. The van der Waals surface area contributed by atoms with E-state index in [2.05, 4.69) is 22.0 Å². The van der Waals surface area contributed by atoms with E-state index in [0.717, 1.165) is 24.0 Å². The third-order valence-electron chi connectivity index (χ3n) is 5.34. The van der Waals surface area contributed by atoms with Crippen LogP contribution in [-0.2, 0) is 11.8 Å². The van der Waals surface area contributed by atoms with Crippen molar-refractivity contribution in [2.75, 3.05) is 18.4 Å². The van der Waals surface area contributed by atoms with E-state index in [1.165, 1.54) is 6.08 Å². The summed E-state index contributed by atoms with van der Waals surface area (Å²) in [5.41, 5.74) is 2.82. The van der Waals surface area contributed by atoms with E-state index >= 15 is 0 Å². The van der Waals surface area contributed by atoms with Gasteiger partial charge in [-0.05, 0) is 48.7 Å². The van der Waals surface area contributed by atoms with Crippen LogP contribution in [0.1, 0.15) is 23.2 Å². The quantitative estimate of drug-likeness (QED) is 0.605. The normalized spacial score (nSPS) is 15.8. The zero-order valence-corrected chi connectivity index (χ0v) is 17.9. The molecule has 0 aliphatic carbocycles. The molecule has 3 aromatic rings. The first kappa shape index (κ1) is 21.3. The monoisotopic (exact) mass is 431 g/mol. The van der Waals surface area contributed by atoms with E-state index in [-0.39, 0.29) is 17.9 Å². The van der Waals surface area contributed by atoms with E-state index in [1.807, 2.05) is 25.4 Å². The number of rotatable bonds is 6. The summed E-state index contributed by atoms with van der Waals surface area (Å²) in [6.45, 7) is 4.70. The topological polar surface area (TPSA) is 89.4 Å². The lowest BCUT2D eigenvalue weighted by Gasteiger charge is -2.32. The molecule has 1 aliphatic rings. The van der Waals surface area contributed by atoms with Gasteiger partial charge >= 0.3 is 0 Å². The van der Waals surface area contributed by atoms with E-state index in [1.54, 1.807) is 46.4 Å². The number of piperidine rings is 1. The summed E-state index contributed by atoms with van der Waals surface area (Å²) in [6, 6.07) is 9.00. The number of anilines is 1. The van der Waals surface area contributed by atoms with Crippen LogP contribution in [0.5, 0.6) is 5.75 Å². The zero-order valence-electron chi connectivity index (χ0n) is 17.9. The van der Waals surface area contributed by atoms with E-state index in [4.69, 9.17) is 4.74 Å². The Balaban J connectivity index is 1.62. The molecule has 1 fully saturated rings. The molecule has 0 unspecified atom stereocenters. The van der Waals surface area contributed by atoms with Crippen LogP contribution in [0.15, 0.2) is 67.8 Å². The van der Waals surface area contributed by atoms with E-state index in [9.17, 15) is 9.59 Å². The Kier molecular flexibility index (Phi) is 6.30. The molecular formula is C24H25N5O3. The summed E-state index contributed by atoms with van der Waals surface area (Å²) in [6.07, 6.45) is 9.61. The smallest absolute Gasteiger partial charge is 0.259 e. The summed E-state index contributed by atoms with van der Waals surface area (Å²) in [5.74, 6) is 0.0585. The summed E-state index contributed by atoms with van der Waals surface area (Å²) in [5, 5.41) is 7.09. The fourth-order valence-electron chi connectivity index (χ4n) is 3.74. The highest BCUT2D eigenvalue weighted by atomic mass is 16.5. The van der Waals surface area contributed by atoms with Gasteiger partial charge in [0.05, 0.1) is 30.2 Å². The molecule has 1 saturated heterocycles. The highest BCUT2D eigenvalue weighted by molar-refractivity contribution is 6.06. The molecule has 1 atom stereocenters. The number of likely N-dealkylation sites (tertiary alicyclic amines) is 1. The van der Waals surface area contributed by atoms with Crippen LogP contribution in [0.3, 0.4) is 0 Å². The standard InChI is InChI=1S/C24H25N5O3/c1-3-23(30)29-11-5-7-20(16-29)32-22-12-17(18-13-26-28(2)15-18)8-9-21(22)24(31)27-19-6-4-10-25-14-19/h3-4,6,8-10,12-15,20H,1,5,7,11,16H2,2H3,(H,27,31)/t20-/m1/s1. The van der Waals surface area contributed by atoms with Gasteiger partial charge in [-0.1, -0.05) is 12.6 Å². The summed E-state index contributed by atoms with van der Waals surface area (Å²) < 4.78 is 8.03. The minimum Gasteiger partial charge on any atom is -0.488 e. The number of carbonyl (C=O) groups is 2. The van der Waals surface area contributed by atoms with Crippen LogP contribution < -0.4 is 10.1 Å². The SMILES string of the molecule is C=CC(=O)N1CCC[C@@H](Oc2cc(-c3cnn(C)c3)ccc2C(=O)Nc2cccnc2)C1. The third kappa shape index (κ3) is 4.85. The molecule has 32 heavy (non-hydrogen) atoms. The van der Waals surface area contributed by atoms with Crippen LogP contribution in [0, 0.1) is 0 Å². The molecule has 1 aliphatic heterocycles. The predicted molar refractivity (Wildman–Crippen MR) is 121 cm³/mol. The fourth-order valence-corrected chi connectivity index (χ4v) is 3.74. The molecule has 0 radical (unpaired) electrons. The molecule has 1 N–H and O–H groups in total. The number of nitrogens with one attached hydrogen (secondary N) is 1. The number of benzene rings is 1. The van der Waals surface area contributed by atoms with Crippen molar-refractivity contribution in [2.24, 2.45) is 7.05 Å². The first-order valence-corrected chi connectivity index (χ1v) is 10.5. The molecule has 2 amide bonds. The minimum absolute atomic E-state index is 0.114. The van der Waals surface area contributed by atoms with Gasteiger partial charge in [0, 0.05) is 31.5 Å². The first-order valence-electron chi connectivity index (χ1n) is 10.5. The Morgan fingerprint density at radius 3 is 2.84 bits per heavy atom. The van der Waals surface area contributed by atoms with Crippen molar-refractivity contribution in [3.8, 4) is 16.9 Å². The Morgan fingerprint density at radius 1 is 1.25 bits per heavy atom. The number of aryl methyl sites for hydroxylation is 1. The second kappa shape index (κ2) is 9.47. The third-order valence-corrected chi connectivity index (χ3v) is 5.34. The van der Waals surface area contributed by atoms with Gasteiger partial charge in [-0.3, -0.25) is 19.3 Å². The second-order valence-corrected chi connectivity index (χ2v) is 7.68. The average Bonchev–Trinajstić information content (AvgIpc) is 3.25. The van der Waals surface area contributed by atoms with Gasteiger partial charge in [0.25, 0.3) is 5.91 Å². The second-order valence-electron chi connectivity index (χ2n) is 7.68. The van der Waals surface area contributed by atoms with Crippen molar-refractivity contribution < 1.29 is 14.3 Å². The molecule has 0 spiro atoms. The van der Waals surface area contributed by atoms with Gasteiger partial charge in [0.15, 0.2) is 0 Å². The number of nitrogens with zero attached hydrogens (tertiary/aromatic N) is 4. The van der Waals surface area contributed by atoms with Gasteiger partial charge in [0.2, 0.25) is 5.91 Å². The molecule has 8 heteroatoms. The molecule has 4 rings (SSSR count). The molecule has 164 valence electrons. The lowest BCUT2D eigenvalue weighted by molar-refractivity contribution is -0.128. The number of hydrogen-bond donors (Lipinski definition) is 1. The molecule has 3 heterocycles. The van der Waals surface area contributed by atoms with Crippen LogP contribution >= 0.6 is 0 Å². The number of ether oxygens (including phenoxy) is 1. The molecule has 0 saturated carbocycles. The summed E-state index contributed by atoms with van der Waals surface area (Å²) in [4.78, 5) is 30.9. The Labute approximate surface area is 186 Å². The maximum atomic E-state index is 13.0. The van der Waals surface area contributed by atoms with Gasteiger partial charge in [-0.25, -0.2) is 0 Å². The van der Waals surface area contributed by atoms with Crippen molar-refractivity contribution in [3.05, 3.63) is 73.3 Å². The van der Waals surface area contributed by atoms with Crippen LogP contribution in [0.4, 0.5) is 5.69 Å². The fraction of sp³-hybridized carbons (Fsp3) is 0.250. The Hall–Kier alpha value is -3.94. The van der Waals surface area contributed by atoms with Crippen molar-refractivity contribution >= 4 is 17.5 Å². The van der Waals surface area contributed by atoms with Crippen LogP contribution in [-0.4, -0.2) is 50.7 Å². The zero-order chi connectivity index (χ0) is 22.5. The highest BCUT2D eigenvalue weighted by Gasteiger charge is 2.25. The van der Waals surface area contributed by atoms with Gasteiger partial charge < -0.3 is 15.0 Å². The first-order chi connectivity index (χ1) is 15.5. The Morgan fingerprint density at radius 2 is 2.12 bits per heavy atom. The van der Waals surface area contributed by atoms with Crippen LogP contribution in [0.2, 0.25) is 0 Å². The number of pyridine rings is 1. The highest BCUT2D eigenvalue weighted by Crippen LogP contribution is 2.30. The molecule has 0 bridgehead atoms. The molecule has 2 aromatic heterocycles. The predicted octanol–water partition coefficient (Wildman–Crippen LogP) is 3.29. The van der Waals surface area contributed by atoms with Crippen molar-refractivity contribution in [1.82, 2.24) is 19.7 Å². The van der Waals surface area contributed by atoms with Crippen molar-refractivity contribution in [2.45, 2.75) is 18.9 Å². The van der Waals surface area contributed by atoms with Gasteiger partial charge in [0.1, 0.15) is 11.9 Å². The van der Waals surface area contributed by atoms with E-state index < -0.39 is 0 Å². The largest absolute Gasteiger partial charge is 0.488 e. The lowest BCUT2D eigenvalue weighted by Crippen LogP contribution is -2.43. The van der Waals surface area contributed by atoms with Gasteiger partial charge in [-0.2, -0.15) is 5.10 Å². The number of amides is 2. The molecule has 8 nitrogen and oxygen atoms in total. The van der Waals surface area contributed by atoms with E-state index in [0.29, 0.717) is 30.1 Å². The van der Waals surface area contributed by atoms with Crippen molar-refractivity contribution in [3.63, 3.8) is 0 Å². The average molecular weight is 431 g/mol. The van der Waals surface area contributed by atoms with Gasteiger partial charge in [-0.15, -0.1) is 0 Å². The lowest BCUT2D eigenvalue weighted by atomic mass is 10.0. The van der Waals surface area contributed by atoms with Crippen LogP contribution in [0.25, 0.3) is 11.1 Å². The molecule has 1 aromatic carbocycles. The van der Waals surface area contributed by atoms with Crippen molar-refractivity contribution in [1.29, 1.82) is 0 Å². The number of hydrogen-bond acceptors (Lipinski definition) is 5. The number of carbonyl (C=O) groups excluding carboxylic acids is 2. The summed E-state index contributed by atoms with van der Waals surface area (Å²) in [7, 11) is 1.85. The minimum atomic E-state index is -0.291. The molecular weight excluding hydrogens is 406 g/mol. The Bertz CT molecular complexity index is 1130. The maximum Gasteiger partial charge on any atom is 0.259 e. The summed E-state index contributed by atoms with van der Waals surface area (Å²) >= 11 is 0. The maximum absolute atomic E-state index is 13.0.